The van der Waals surface area contributed by atoms with Gasteiger partial charge in [0.2, 0.25) is 10.0 Å². The van der Waals surface area contributed by atoms with Crippen molar-refractivity contribution < 1.29 is 26.3 Å². The van der Waals surface area contributed by atoms with Crippen LogP contribution in [-0.4, -0.2) is 49.6 Å². The average Bonchev–Trinajstić information content (AvgIpc) is 2.73. The number of piperidine rings is 1. The molecule has 4 rings (SSSR count). The molecule has 0 atom stereocenters. The number of sulfonamides is 1. The zero-order valence-electron chi connectivity index (χ0n) is 17.2. The predicted molar refractivity (Wildman–Crippen MR) is 112 cm³/mol. The first-order valence-corrected chi connectivity index (χ1v) is 12.1. The number of alkyl halides is 3. The molecule has 0 amide bonds. The molecule has 1 saturated heterocycles. The largest absolute Gasteiger partial charge is 0.457 e. The molecule has 1 fully saturated rings. The van der Waals surface area contributed by atoms with E-state index in [1.165, 1.54) is 22.7 Å². The summed E-state index contributed by atoms with van der Waals surface area (Å²) in [5, 5.41) is 0. The summed E-state index contributed by atoms with van der Waals surface area (Å²) in [5.74, 6) is 1.04. The maximum Gasteiger partial charge on any atom is 0.416 e. The summed E-state index contributed by atoms with van der Waals surface area (Å²) >= 11 is 0. The monoisotopic (exact) mass is 454 g/mol. The van der Waals surface area contributed by atoms with Gasteiger partial charge in [-0.15, -0.1) is 0 Å². The predicted octanol–water partition coefficient (Wildman–Crippen LogP) is 4.28. The van der Waals surface area contributed by atoms with Gasteiger partial charge in [0.25, 0.3) is 0 Å². The molecule has 0 N–H and O–H groups in total. The third-order valence-electron chi connectivity index (χ3n) is 6.07. The molecule has 2 aromatic rings. The Labute approximate surface area is 180 Å². The van der Waals surface area contributed by atoms with Crippen molar-refractivity contribution in [3.63, 3.8) is 0 Å². The fraction of sp³-hybridized carbons (Fsp3) is 0.455. The third-order valence-corrected chi connectivity index (χ3v) is 7.37. The summed E-state index contributed by atoms with van der Waals surface area (Å²) in [7, 11) is -3.14. The van der Waals surface area contributed by atoms with Gasteiger partial charge in [-0.3, -0.25) is 4.90 Å². The number of fused-ring (bicyclic) bond motifs is 1. The summed E-state index contributed by atoms with van der Waals surface area (Å²) in [6.45, 7) is 2.68. The molecule has 0 unspecified atom stereocenters. The van der Waals surface area contributed by atoms with Crippen molar-refractivity contribution in [2.24, 2.45) is 0 Å². The van der Waals surface area contributed by atoms with Gasteiger partial charge in [-0.1, -0.05) is 12.1 Å². The number of benzene rings is 2. The van der Waals surface area contributed by atoms with Gasteiger partial charge in [0, 0.05) is 37.8 Å². The first-order chi connectivity index (χ1) is 14.6. The second-order valence-corrected chi connectivity index (χ2v) is 10.1. The van der Waals surface area contributed by atoms with Gasteiger partial charge in [-0.25, -0.2) is 12.7 Å². The van der Waals surface area contributed by atoms with E-state index in [1.807, 2.05) is 18.2 Å². The van der Waals surface area contributed by atoms with Crippen molar-refractivity contribution in [2.75, 3.05) is 25.9 Å². The van der Waals surface area contributed by atoms with Crippen LogP contribution in [-0.2, 0) is 29.2 Å². The van der Waals surface area contributed by atoms with E-state index in [4.69, 9.17) is 4.74 Å². The molecule has 0 spiro atoms. The molecule has 0 aliphatic carbocycles. The van der Waals surface area contributed by atoms with Gasteiger partial charge < -0.3 is 4.74 Å². The fourth-order valence-electron chi connectivity index (χ4n) is 4.38. The van der Waals surface area contributed by atoms with E-state index in [1.54, 1.807) is 0 Å². The highest BCUT2D eigenvalue weighted by Gasteiger charge is 2.32. The Bertz CT molecular complexity index is 1030. The van der Waals surface area contributed by atoms with Gasteiger partial charge in [0.1, 0.15) is 11.5 Å². The van der Waals surface area contributed by atoms with Crippen molar-refractivity contribution in [2.45, 2.75) is 38.0 Å². The molecular formula is C22H25F3N2O3S. The molecule has 31 heavy (non-hydrogen) atoms. The quantitative estimate of drug-likeness (QED) is 0.692. The summed E-state index contributed by atoms with van der Waals surface area (Å²) in [5.41, 5.74) is 1.51. The summed E-state index contributed by atoms with van der Waals surface area (Å²) < 4.78 is 69.2. The SMILES string of the molecule is CS(=O)(=O)N1CCC(N2CCc3c(cccc3Oc3ccc(C(F)(F)F)cc3)C2)CC1. The van der Waals surface area contributed by atoms with Crippen LogP contribution >= 0.6 is 0 Å². The topological polar surface area (TPSA) is 49.9 Å². The van der Waals surface area contributed by atoms with Crippen molar-refractivity contribution in [1.82, 2.24) is 9.21 Å². The van der Waals surface area contributed by atoms with Gasteiger partial charge in [-0.05, 0) is 55.2 Å². The Hall–Kier alpha value is -2.10. The van der Waals surface area contributed by atoms with E-state index >= 15 is 0 Å². The smallest absolute Gasteiger partial charge is 0.416 e. The highest BCUT2D eigenvalue weighted by atomic mass is 32.2. The molecular weight excluding hydrogens is 429 g/mol. The number of nitrogens with zero attached hydrogens (tertiary/aromatic N) is 2. The van der Waals surface area contributed by atoms with Crippen molar-refractivity contribution in [3.05, 3.63) is 59.2 Å². The van der Waals surface area contributed by atoms with Crippen LogP contribution in [0, 0.1) is 0 Å². The number of rotatable bonds is 4. The summed E-state index contributed by atoms with van der Waals surface area (Å²) in [6, 6.07) is 10.9. The van der Waals surface area contributed by atoms with Crippen LogP contribution in [0.2, 0.25) is 0 Å². The number of halogens is 3. The Morgan fingerprint density at radius 1 is 1.00 bits per heavy atom. The highest BCUT2D eigenvalue weighted by Crippen LogP contribution is 2.35. The molecule has 2 aromatic carbocycles. The molecule has 0 radical (unpaired) electrons. The molecule has 5 nitrogen and oxygen atoms in total. The lowest BCUT2D eigenvalue weighted by Crippen LogP contribution is -2.47. The van der Waals surface area contributed by atoms with Crippen LogP contribution in [0.25, 0.3) is 0 Å². The van der Waals surface area contributed by atoms with Gasteiger partial charge in [-0.2, -0.15) is 13.2 Å². The number of ether oxygens (including phenoxy) is 1. The molecule has 2 aliphatic rings. The Morgan fingerprint density at radius 2 is 1.68 bits per heavy atom. The number of hydrogen-bond acceptors (Lipinski definition) is 4. The maximum atomic E-state index is 12.8. The molecule has 0 aromatic heterocycles. The van der Waals surface area contributed by atoms with E-state index in [2.05, 4.69) is 4.90 Å². The van der Waals surface area contributed by atoms with Crippen LogP contribution in [0.5, 0.6) is 11.5 Å². The van der Waals surface area contributed by atoms with E-state index in [9.17, 15) is 21.6 Å². The van der Waals surface area contributed by atoms with Gasteiger partial charge >= 0.3 is 6.18 Å². The third kappa shape index (κ3) is 5.05. The zero-order chi connectivity index (χ0) is 22.2. The Morgan fingerprint density at radius 3 is 2.29 bits per heavy atom. The van der Waals surface area contributed by atoms with Gasteiger partial charge in [0.15, 0.2) is 0 Å². The fourth-order valence-corrected chi connectivity index (χ4v) is 5.26. The molecule has 2 aliphatic heterocycles. The van der Waals surface area contributed by atoms with Crippen LogP contribution in [0.3, 0.4) is 0 Å². The Kier molecular flexibility index (Phi) is 6.02. The Balaban J connectivity index is 1.43. The zero-order valence-corrected chi connectivity index (χ0v) is 18.0. The van der Waals surface area contributed by atoms with Gasteiger partial charge in [0.05, 0.1) is 11.8 Å². The summed E-state index contributed by atoms with van der Waals surface area (Å²) in [6.07, 6.45) is -0.721. The van der Waals surface area contributed by atoms with Crippen LogP contribution in [0.1, 0.15) is 29.5 Å². The lowest BCUT2D eigenvalue weighted by molar-refractivity contribution is -0.137. The standard InChI is InChI=1S/C22H25F3N2O3S/c1-31(28,29)27-13-9-18(10-14-27)26-12-11-20-16(15-26)3-2-4-21(20)30-19-7-5-17(6-8-19)22(23,24)25/h2-8,18H,9-15H2,1H3. The second kappa shape index (κ2) is 8.44. The minimum Gasteiger partial charge on any atom is -0.457 e. The second-order valence-electron chi connectivity index (χ2n) is 8.13. The summed E-state index contributed by atoms with van der Waals surface area (Å²) in [4.78, 5) is 2.39. The van der Waals surface area contributed by atoms with Crippen molar-refractivity contribution in [1.29, 1.82) is 0 Å². The molecule has 0 bridgehead atoms. The van der Waals surface area contributed by atoms with E-state index < -0.39 is 21.8 Å². The minimum atomic E-state index is -4.37. The molecule has 168 valence electrons. The lowest BCUT2D eigenvalue weighted by atomic mass is 9.95. The van der Waals surface area contributed by atoms with Crippen molar-refractivity contribution in [3.8, 4) is 11.5 Å². The number of hydrogen-bond donors (Lipinski definition) is 0. The van der Waals surface area contributed by atoms with Crippen molar-refractivity contribution >= 4 is 10.0 Å². The van der Waals surface area contributed by atoms with E-state index in [-0.39, 0.29) is 0 Å². The lowest BCUT2D eigenvalue weighted by Gasteiger charge is -2.40. The molecule has 9 heteroatoms. The molecule has 0 saturated carbocycles. The minimum absolute atomic E-state index is 0.339. The normalized spacial score (nSPS) is 19.2. The first kappa shape index (κ1) is 22.1. The highest BCUT2D eigenvalue weighted by molar-refractivity contribution is 7.88. The first-order valence-electron chi connectivity index (χ1n) is 10.3. The van der Waals surface area contributed by atoms with Crippen LogP contribution in [0.4, 0.5) is 13.2 Å². The van der Waals surface area contributed by atoms with Crippen LogP contribution in [0.15, 0.2) is 42.5 Å². The van der Waals surface area contributed by atoms with Crippen LogP contribution < -0.4 is 4.74 Å². The maximum absolute atomic E-state index is 12.8. The van der Waals surface area contributed by atoms with E-state index in [0.29, 0.717) is 30.6 Å². The molecule has 2 heterocycles. The van der Waals surface area contributed by atoms with E-state index in [0.717, 1.165) is 55.6 Å². The average molecular weight is 455 g/mol.